The third-order valence-electron chi connectivity index (χ3n) is 2.57. The molecule has 0 fully saturated rings. The summed E-state index contributed by atoms with van der Waals surface area (Å²) in [6.45, 7) is 3.04. The molecule has 0 aromatic heterocycles. The monoisotopic (exact) mass is 221 g/mol. The fourth-order valence-corrected chi connectivity index (χ4v) is 1.75. The minimum atomic E-state index is -0.142. The van der Waals surface area contributed by atoms with E-state index < -0.39 is 0 Å². The van der Waals surface area contributed by atoms with E-state index in [4.69, 9.17) is 15.2 Å². The average Bonchev–Trinajstić information content (AvgIpc) is 2.52. The Bertz CT molecular complexity index is 401. The lowest BCUT2D eigenvalue weighted by Gasteiger charge is -2.16. The van der Waals surface area contributed by atoms with Gasteiger partial charge in [0.1, 0.15) is 0 Å². The SMILES string of the molecule is CC(N)c1ccc(C=O)c2c1OCCCO2. The van der Waals surface area contributed by atoms with Gasteiger partial charge in [0.05, 0.1) is 18.8 Å². The lowest BCUT2D eigenvalue weighted by molar-refractivity contribution is 0.111. The molecule has 0 amide bonds. The highest BCUT2D eigenvalue weighted by molar-refractivity contribution is 5.82. The molecule has 1 aliphatic rings. The molecule has 0 saturated heterocycles. The molecule has 2 rings (SSSR count). The van der Waals surface area contributed by atoms with Crippen LogP contribution >= 0.6 is 0 Å². The number of ether oxygens (including phenoxy) is 2. The summed E-state index contributed by atoms with van der Waals surface area (Å²) in [5.41, 5.74) is 7.25. The first-order valence-corrected chi connectivity index (χ1v) is 5.37. The second-order valence-corrected chi connectivity index (χ2v) is 3.86. The maximum Gasteiger partial charge on any atom is 0.171 e. The highest BCUT2D eigenvalue weighted by Gasteiger charge is 2.20. The Hall–Kier alpha value is -1.55. The zero-order valence-corrected chi connectivity index (χ0v) is 9.23. The Morgan fingerprint density at radius 2 is 2.00 bits per heavy atom. The van der Waals surface area contributed by atoms with Crippen molar-refractivity contribution in [3.8, 4) is 11.5 Å². The van der Waals surface area contributed by atoms with E-state index in [0.717, 1.165) is 18.3 Å². The van der Waals surface area contributed by atoms with Crippen LogP contribution in [0.4, 0.5) is 0 Å². The van der Waals surface area contributed by atoms with E-state index in [9.17, 15) is 4.79 Å². The fourth-order valence-electron chi connectivity index (χ4n) is 1.75. The van der Waals surface area contributed by atoms with Crippen LogP contribution in [0.1, 0.15) is 35.3 Å². The molecule has 4 nitrogen and oxygen atoms in total. The Morgan fingerprint density at radius 3 is 2.62 bits per heavy atom. The Morgan fingerprint density at radius 1 is 1.31 bits per heavy atom. The second kappa shape index (κ2) is 4.53. The summed E-state index contributed by atoms with van der Waals surface area (Å²) in [7, 11) is 0. The van der Waals surface area contributed by atoms with Crippen molar-refractivity contribution >= 4 is 6.29 Å². The smallest absolute Gasteiger partial charge is 0.171 e. The third-order valence-corrected chi connectivity index (χ3v) is 2.57. The Labute approximate surface area is 94.3 Å². The van der Waals surface area contributed by atoms with Crippen LogP contribution in [-0.2, 0) is 0 Å². The van der Waals surface area contributed by atoms with Crippen molar-refractivity contribution in [2.75, 3.05) is 13.2 Å². The van der Waals surface area contributed by atoms with E-state index in [1.165, 1.54) is 0 Å². The molecule has 1 unspecified atom stereocenters. The van der Waals surface area contributed by atoms with E-state index in [1.807, 2.05) is 13.0 Å². The molecule has 16 heavy (non-hydrogen) atoms. The normalized spacial score (nSPS) is 16.4. The predicted molar refractivity (Wildman–Crippen MR) is 60.0 cm³/mol. The van der Waals surface area contributed by atoms with Gasteiger partial charge in [0.25, 0.3) is 0 Å². The van der Waals surface area contributed by atoms with Crippen LogP contribution in [0.25, 0.3) is 0 Å². The molecule has 0 aliphatic carbocycles. The molecule has 1 heterocycles. The molecule has 1 aromatic carbocycles. The number of carbonyl (C=O) groups excluding carboxylic acids is 1. The van der Waals surface area contributed by atoms with Gasteiger partial charge < -0.3 is 15.2 Å². The topological polar surface area (TPSA) is 61.6 Å². The quantitative estimate of drug-likeness (QED) is 0.772. The number of benzene rings is 1. The van der Waals surface area contributed by atoms with Crippen molar-refractivity contribution in [2.45, 2.75) is 19.4 Å². The maximum atomic E-state index is 10.9. The summed E-state index contributed by atoms with van der Waals surface area (Å²) in [5.74, 6) is 1.15. The zero-order valence-electron chi connectivity index (χ0n) is 9.23. The number of rotatable bonds is 2. The molecule has 2 N–H and O–H groups in total. The Kier molecular flexibility index (Phi) is 3.10. The van der Waals surface area contributed by atoms with Gasteiger partial charge in [-0.25, -0.2) is 0 Å². The van der Waals surface area contributed by atoms with E-state index in [1.54, 1.807) is 6.07 Å². The Balaban J connectivity index is 2.56. The van der Waals surface area contributed by atoms with E-state index in [0.29, 0.717) is 30.3 Å². The van der Waals surface area contributed by atoms with Crippen LogP contribution in [-0.4, -0.2) is 19.5 Å². The molecule has 0 bridgehead atoms. The standard InChI is InChI=1S/C12H15NO3/c1-8(13)10-4-3-9(7-14)11-12(10)16-6-2-5-15-11/h3-4,7-8H,2,5-6,13H2,1H3. The van der Waals surface area contributed by atoms with E-state index in [-0.39, 0.29) is 6.04 Å². The lowest BCUT2D eigenvalue weighted by atomic mass is 10.0. The molecule has 1 atom stereocenters. The van der Waals surface area contributed by atoms with Crippen LogP contribution < -0.4 is 15.2 Å². The first kappa shape index (κ1) is 11.0. The van der Waals surface area contributed by atoms with Gasteiger partial charge in [-0.1, -0.05) is 6.07 Å². The molecular formula is C12H15NO3. The van der Waals surface area contributed by atoms with Crippen molar-refractivity contribution in [3.05, 3.63) is 23.3 Å². The van der Waals surface area contributed by atoms with Crippen molar-refractivity contribution in [1.29, 1.82) is 0 Å². The summed E-state index contributed by atoms with van der Waals surface area (Å²) in [6.07, 6.45) is 1.59. The van der Waals surface area contributed by atoms with E-state index >= 15 is 0 Å². The van der Waals surface area contributed by atoms with Gasteiger partial charge >= 0.3 is 0 Å². The molecule has 1 aliphatic heterocycles. The number of carbonyl (C=O) groups is 1. The van der Waals surface area contributed by atoms with Crippen LogP contribution in [0.5, 0.6) is 11.5 Å². The third kappa shape index (κ3) is 1.88. The number of hydrogen-bond acceptors (Lipinski definition) is 4. The molecule has 86 valence electrons. The summed E-state index contributed by atoms with van der Waals surface area (Å²) >= 11 is 0. The predicted octanol–water partition coefficient (Wildman–Crippen LogP) is 1.68. The number of aldehydes is 1. The highest BCUT2D eigenvalue weighted by Crippen LogP contribution is 2.38. The van der Waals surface area contributed by atoms with Crippen LogP contribution in [0.15, 0.2) is 12.1 Å². The van der Waals surface area contributed by atoms with Crippen molar-refractivity contribution in [3.63, 3.8) is 0 Å². The van der Waals surface area contributed by atoms with Gasteiger partial charge in [0.15, 0.2) is 17.8 Å². The zero-order chi connectivity index (χ0) is 11.5. The fraction of sp³-hybridized carbons (Fsp3) is 0.417. The molecular weight excluding hydrogens is 206 g/mol. The molecule has 0 saturated carbocycles. The molecule has 4 heteroatoms. The average molecular weight is 221 g/mol. The van der Waals surface area contributed by atoms with Crippen LogP contribution in [0.2, 0.25) is 0 Å². The first-order chi connectivity index (χ1) is 7.74. The first-order valence-electron chi connectivity index (χ1n) is 5.37. The summed E-state index contributed by atoms with van der Waals surface area (Å²) in [5, 5.41) is 0. The largest absolute Gasteiger partial charge is 0.489 e. The summed E-state index contributed by atoms with van der Waals surface area (Å²) in [6, 6.07) is 3.40. The number of hydrogen-bond donors (Lipinski definition) is 1. The van der Waals surface area contributed by atoms with Gasteiger partial charge in [0.2, 0.25) is 0 Å². The van der Waals surface area contributed by atoms with Gasteiger partial charge in [-0.15, -0.1) is 0 Å². The minimum absolute atomic E-state index is 0.142. The van der Waals surface area contributed by atoms with Crippen molar-refractivity contribution in [2.24, 2.45) is 5.73 Å². The van der Waals surface area contributed by atoms with Gasteiger partial charge in [-0.2, -0.15) is 0 Å². The van der Waals surface area contributed by atoms with Crippen molar-refractivity contribution < 1.29 is 14.3 Å². The highest BCUT2D eigenvalue weighted by atomic mass is 16.5. The molecule has 0 radical (unpaired) electrons. The van der Waals surface area contributed by atoms with Crippen LogP contribution in [0, 0.1) is 0 Å². The second-order valence-electron chi connectivity index (χ2n) is 3.86. The van der Waals surface area contributed by atoms with Gasteiger partial charge in [-0.05, 0) is 13.0 Å². The van der Waals surface area contributed by atoms with Crippen LogP contribution in [0.3, 0.4) is 0 Å². The number of fused-ring (bicyclic) bond motifs is 1. The summed E-state index contributed by atoms with van der Waals surface area (Å²) in [4.78, 5) is 10.9. The minimum Gasteiger partial charge on any atom is -0.489 e. The maximum absolute atomic E-state index is 10.9. The van der Waals surface area contributed by atoms with Crippen molar-refractivity contribution in [1.82, 2.24) is 0 Å². The van der Waals surface area contributed by atoms with Gasteiger partial charge in [-0.3, -0.25) is 4.79 Å². The molecule has 0 spiro atoms. The lowest BCUT2D eigenvalue weighted by Crippen LogP contribution is -2.09. The molecule has 1 aromatic rings. The van der Waals surface area contributed by atoms with E-state index in [2.05, 4.69) is 0 Å². The van der Waals surface area contributed by atoms with Gasteiger partial charge in [0, 0.05) is 18.0 Å². The number of nitrogens with two attached hydrogens (primary N) is 1. The summed E-state index contributed by atoms with van der Waals surface area (Å²) < 4.78 is 11.2.